The average molecular weight is 367 g/mol. The molecule has 0 atom stereocenters. The number of hydrogen-bond donors (Lipinski definition) is 3. The summed E-state index contributed by atoms with van der Waals surface area (Å²) in [5.74, 6) is -0.988. The zero-order valence-corrected chi connectivity index (χ0v) is 14.2. The number of piperidine rings is 1. The quantitative estimate of drug-likeness (QED) is 0.563. The van der Waals surface area contributed by atoms with E-state index < -0.39 is 5.91 Å². The lowest BCUT2D eigenvalue weighted by atomic mass is 9.97. The smallest absolute Gasteiger partial charge is 0.267 e. The Bertz CT molecular complexity index is 707. The van der Waals surface area contributed by atoms with Crippen LogP contribution in [0, 0.1) is 17.2 Å². The van der Waals surface area contributed by atoms with Crippen molar-refractivity contribution in [1.82, 2.24) is 10.6 Å². The molecule has 0 saturated carbocycles. The van der Waals surface area contributed by atoms with Crippen molar-refractivity contribution in [2.45, 2.75) is 12.8 Å². The number of halogens is 2. The Morgan fingerprint density at radius 2 is 2.00 bits per heavy atom. The molecule has 2 rings (SSSR count). The van der Waals surface area contributed by atoms with Crippen LogP contribution in [0.3, 0.4) is 0 Å². The summed E-state index contributed by atoms with van der Waals surface area (Å²) in [5, 5.41) is 17.8. The molecule has 0 bridgehead atoms. The Morgan fingerprint density at radius 1 is 1.29 bits per heavy atom. The maximum atomic E-state index is 12.1. The van der Waals surface area contributed by atoms with Gasteiger partial charge in [0.25, 0.3) is 5.91 Å². The molecule has 0 aliphatic carbocycles. The van der Waals surface area contributed by atoms with Crippen LogP contribution < -0.4 is 16.0 Å². The minimum absolute atomic E-state index is 0.118. The third kappa shape index (κ3) is 4.71. The van der Waals surface area contributed by atoms with Crippen LogP contribution in [0.1, 0.15) is 12.8 Å². The Labute approximate surface area is 149 Å². The molecule has 1 aromatic rings. The van der Waals surface area contributed by atoms with E-state index in [4.69, 9.17) is 28.5 Å². The first-order valence-electron chi connectivity index (χ1n) is 7.39. The molecule has 0 radical (unpaired) electrons. The fourth-order valence-electron chi connectivity index (χ4n) is 2.28. The fraction of sp³-hybridized carbons (Fsp3) is 0.312. The molecule has 126 valence electrons. The molecular weight excluding hydrogens is 351 g/mol. The summed E-state index contributed by atoms with van der Waals surface area (Å²) >= 11 is 11.9. The van der Waals surface area contributed by atoms with Gasteiger partial charge in [0.1, 0.15) is 11.6 Å². The Morgan fingerprint density at radius 3 is 2.67 bits per heavy atom. The molecule has 1 heterocycles. The molecule has 3 N–H and O–H groups in total. The highest BCUT2D eigenvalue weighted by atomic mass is 35.5. The third-order valence-electron chi connectivity index (χ3n) is 3.63. The summed E-state index contributed by atoms with van der Waals surface area (Å²) in [6.07, 6.45) is 2.58. The van der Waals surface area contributed by atoms with E-state index in [0.29, 0.717) is 5.69 Å². The zero-order chi connectivity index (χ0) is 17.5. The standard InChI is InChI=1S/C16H16Cl2N4O2/c17-12-2-1-3-13(14(12)18)22-16(24)11(8-19)9-21-15(23)10-4-6-20-7-5-10/h1-3,9-10,20H,4-7H2,(H,21,23)(H,22,24)/b11-9-. The second kappa shape index (κ2) is 8.69. The molecule has 1 fully saturated rings. The Balaban J connectivity index is 2.01. The van der Waals surface area contributed by atoms with Gasteiger partial charge >= 0.3 is 0 Å². The van der Waals surface area contributed by atoms with Gasteiger partial charge in [0, 0.05) is 12.1 Å². The van der Waals surface area contributed by atoms with Gasteiger partial charge in [-0.1, -0.05) is 29.3 Å². The molecule has 1 saturated heterocycles. The maximum absolute atomic E-state index is 12.1. The summed E-state index contributed by atoms with van der Waals surface area (Å²) in [4.78, 5) is 24.2. The largest absolute Gasteiger partial charge is 0.331 e. The molecule has 0 unspecified atom stereocenters. The summed E-state index contributed by atoms with van der Waals surface area (Å²) in [7, 11) is 0. The van der Waals surface area contributed by atoms with Gasteiger partial charge in [-0.15, -0.1) is 0 Å². The Hall–Kier alpha value is -2.07. The second-order valence-electron chi connectivity index (χ2n) is 5.26. The van der Waals surface area contributed by atoms with Gasteiger partial charge in [0.2, 0.25) is 5.91 Å². The van der Waals surface area contributed by atoms with Gasteiger partial charge < -0.3 is 16.0 Å². The van der Waals surface area contributed by atoms with Gasteiger partial charge in [-0.2, -0.15) is 5.26 Å². The predicted molar refractivity (Wildman–Crippen MR) is 92.5 cm³/mol. The first-order chi connectivity index (χ1) is 11.5. The number of carbonyl (C=O) groups is 2. The SMILES string of the molecule is N#C/C(=C/NC(=O)C1CCNCC1)C(=O)Nc1cccc(Cl)c1Cl. The van der Waals surface area contributed by atoms with E-state index in [1.54, 1.807) is 24.3 Å². The van der Waals surface area contributed by atoms with Crippen molar-refractivity contribution in [3.05, 3.63) is 40.0 Å². The van der Waals surface area contributed by atoms with E-state index in [1.807, 2.05) is 0 Å². The zero-order valence-electron chi connectivity index (χ0n) is 12.7. The summed E-state index contributed by atoms with van der Waals surface area (Å²) < 4.78 is 0. The second-order valence-corrected chi connectivity index (χ2v) is 6.04. The van der Waals surface area contributed by atoms with E-state index in [0.717, 1.165) is 32.1 Å². The van der Waals surface area contributed by atoms with Crippen molar-refractivity contribution >= 4 is 40.7 Å². The summed E-state index contributed by atoms with van der Waals surface area (Å²) in [6.45, 7) is 1.56. The monoisotopic (exact) mass is 366 g/mol. The highest BCUT2D eigenvalue weighted by molar-refractivity contribution is 6.44. The van der Waals surface area contributed by atoms with Crippen LogP contribution in [0.25, 0.3) is 0 Å². The number of nitrogens with zero attached hydrogens (tertiary/aromatic N) is 1. The summed E-state index contributed by atoms with van der Waals surface area (Å²) in [5.41, 5.74) is 0.0633. The van der Waals surface area contributed by atoms with Crippen molar-refractivity contribution in [1.29, 1.82) is 5.26 Å². The van der Waals surface area contributed by atoms with Crippen LogP contribution in [0.5, 0.6) is 0 Å². The molecular formula is C16H16Cl2N4O2. The molecule has 2 amide bonds. The molecule has 6 nitrogen and oxygen atoms in total. The Kier molecular flexibility index (Phi) is 6.62. The van der Waals surface area contributed by atoms with E-state index in [-0.39, 0.29) is 27.4 Å². The lowest BCUT2D eigenvalue weighted by Crippen LogP contribution is -2.36. The van der Waals surface area contributed by atoms with Crippen molar-refractivity contribution in [2.75, 3.05) is 18.4 Å². The molecule has 1 aliphatic heterocycles. The number of carbonyl (C=O) groups excluding carboxylic acids is 2. The summed E-state index contributed by atoms with van der Waals surface area (Å²) in [6, 6.07) is 6.53. The first kappa shape index (κ1) is 18.3. The van der Waals surface area contributed by atoms with Crippen LogP contribution in [0.4, 0.5) is 5.69 Å². The predicted octanol–water partition coefficient (Wildman–Crippen LogP) is 2.46. The van der Waals surface area contributed by atoms with Crippen LogP contribution in [0.15, 0.2) is 30.0 Å². The minimum atomic E-state index is -0.674. The topological polar surface area (TPSA) is 94.0 Å². The number of anilines is 1. The lowest BCUT2D eigenvalue weighted by molar-refractivity contribution is -0.124. The maximum Gasteiger partial charge on any atom is 0.267 e. The third-order valence-corrected chi connectivity index (χ3v) is 4.45. The van der Waals surface area contributed by atoms with Crippen LogP contribution >= 0.6 is 23.2 Å². The van der Waals surface area contributed by atoms with E-state index in [9.17, 15) is 9.59 Å². The van der Waals surface area contributed by atoms with Gasteiger partial charge in [-0.05, 0) is 38.1 Å². The van der Waals surface area contributed by atoms with Crippen LogP contribution in [-0.4, -0.2) is 24.9 Å². The van der Waals surface area contributed by atoms with Crippen LogP contribution in [-0.2, 0) is 9.59 Å². The molecule has 0 spiro atoms. The van der Waals surface area contributed by atoms with E-state index in [2.05, 4.69) is 16.0 Å². The van der Waals surface area contributed by atoms with Crippen LogP contribution in [0.2, 0.25) is 10.0 Å². The first-order valence-corrected chi connectivity index (χ1v) is 8.15. The average Bonchev–Trinajstić information content (AvgIpc) is 2.60. The minimum Gasteiger partial charge on any atom is -0.331 e. The highest BCUT2D eigenvalue weighted by Gasteiger charge is 2.20. The number of hydrogen-bond acceptors (Lipinski definition) is 4. The fourth-order valence-corrected chi connectivity index (χ4v) is 2.63. The molecule has 0 aromatic heterocycles. The number of amides is 2. The van der Waals surface area contributed by atoms with E-state index in [1.165, 1.54) is 0 Å². The number of nitrogens with one attached hydrogen (secondary N) is 3. The van der Waals surface area contributed by atoms with Gasteiger partial charge in [-0.25, -0.2) is 0 Å². The number of benzene rings is 1. The molecule has 8 heteroatoms. The van der Waals surface area contributed by atoms with E-state index >= 15 is 0 Å². The van der Waals surface area contributed by atoms with Crippen molar-refractivity contribution in [2.24, 2.45) is 5.92 Å². The van der Waals surface area contributed by atoms with Crippen molar-refractivity contribution in [3.63, 3.8) is 0 Å². The number of rotatable bonds is 4. The number of nitriles is 1. The normalized spacial score (nSPS) is 15.5. The van der Waals surface area contributed by atoms with Crippen molar-refractivity contribution < 1.29 is 9.59 Å². The van der Waals surface area contributed by atoms with Gasteiger partial charge in [0.15, 0.2) is 0 Å². The van der Waals surface area contributed by atoms with Gasteiger partial charge in [-0.3, -0.25) is 9.59 Å². The van der Waals surface area contributed by atoms with Crippen molar-refractivity contribution in [3.8, 4) is 6.07 Å². The highest BCUT2D eigenvalue weighted by Crippen LogP contribution is 2.29. The molecule has 1 aromatic carbocycles. The molecule has 1 aliphatic rings. The molecule has 24 heavy (non-hydrogen) atoms. The van der Waals surface area contributed by atoms with Gasteiger partial charge in [0.05, 0.1) is 15.7 Å². The lowest BCUT2D eigenvalue weighted by Gasteiger charge is -2.20.